The molecule has 0 aliphatic rings. The molecular formula is C14H15N7O2. The highest BCUT2D eigenvalue weighted by atomic mass is 16.5. The highest BCUT2D eigenvalue weighted by Crippen LogP contribution is 2.11. The van der Waals surface area contributed by atoms with Gasteiger partial charge in [-0.15, -0.1) is 0 Å². The molecule has 0 aromatic carbocycles. The average molecular weight is 313 g/mol. The van der Waals surface area contributed by atoms with E-state index in [9.17, 15) is 4.79 Å². The fourth-order valence-corrected chi connectivity index (χ4v) is 2.07. The van der Waals surface area contributed by atoms with E-state index in [2.05, 4.69) is 30.5 Å². The minimum absolute atomic E-state index is 0.135. The summed E-state index contributed by atoms with van der Waals surface area (Å²) < 4.78 is 6.71. The summed E-state index contributed by atoms with van der Waals surface area (Å²) in [5, 5.41) is 10.7. The zero-order chi connectivity index (χ0) is 16.1. The third-order valence-corrected chi connectivity index (χ3v) is 3.18. The zero-order valence-electron chi connectivity index (χ0n) is 12.5. The molecule has 0 aliphatic carbocycles. The molecule has 3 rings (SSSR count). The predicted octanol–water partition coefficient (Wildman–Crippen LogP) is 0.991. The lowest BCUT2D eigenvalue weighted by molar-refractivity contribution is -0.125. The van der Waals surface area contributed by atoms with Crippen LogP contribution in [0.25, 0.3) is 11.6 Å². The molecule has 0 spiro atoms. The molecule has 1 N–H and O–H groups in total. The Morgan fingerprint density at radius 1 is 1.26 bits per heavy atom. The third kappa shape index (κ3) is 3.39. The number of nitrogens with zero attached hydrogens (tertiary/aromatic N) is 6. The second kappa shape index (κ2) is 6.77. The van der Waals surface area contributed by atoms with Crippen molar-refractivity contribution >= 4 is 5.91 Å². The van der Waals surface area contributed by atoms with Crippen molar-refractivity contribution in [2.24, 2.45) is 0 Å². The van der Waals surface area contributed by atoms with Crippen LogP contribution in [0.1, 0.15) is 25.3 Å². The van der Waals surface area contributed by atoms with Crippen molar-refractivity contribution in [3.05, 3.63) is 42.8 Å². The fourth-order valence-electron chi connectivity index (χ4n) is 2.07. The molecule has 118 valence electrons. The standard InChI is InChI=1S/C14H15N7O2/c1-2-10(21-8-4-7-18-21)14(22)17-9-11-19-13(20-23-11)12-15-5-3-6-16-12/h3-8,10H,2,9H2,1H3,(H,17,22). The Morgan fingerprint density at radius 2 is 2.09 bits per heavy atom. The van der Waals surface area contributed by atoms with Crippen LogP contribution < -0.4 is 5.32 Å². The molecule has 0 saturated heterocycles. The molecule has 1 amide bonds. The Kier molecular flexibility index (Phi) is 4.37. The van der Waals surface area contributed by atoms with Gasteiger partial charge in [0.2, 0.25) is 23.4 Å². The van der Waals surface area contributed by atoms with Gasteiger partial charge < -0.3 is 9.84 Å². The molecule has 0 aliphatic heterocycles. The molecule has 0 radical (unpaired) electrons. The summed E-state index contributed by atoms with van der Waals surface area (Å²) >= 11 is 0. The fraction of sp³-hybridized carbons (Fsp3) is 0.286. The Morgan fingerprint density at radius 3 is 2.78 bits per heavy atom. The van der Waals surface area contributed by atoms with Crippen molar-refractivity contribution in [2.75, 3.05) is 0 Å². The maximum atomic E-state index is 12.2. The molecule has 9 nitrogen and oxygen atoms in total. The van der Waals surface area contributed by atoms with Crippen LogP contribution in [0, 0.1) is 0 Å². The first-order valence-electron chi connectivity index (χ1n) is 7.14. The Bertz CT molecular complexity index is 755. The van der Waals surface area contributed by atoms with Gasteiger partial charge in [-0.25, -0.2) is 9.97 Å². The maximum Gasteiger partial charge on any atom is 0.246 e. The van der Waals surface area contributed by atoms with Crippen molar-refractivity contribution < 1.29 is 9.32 Å². The lowest BCUT2D eigenvalue weighted by Crippen LogP contribution is -2.32. The first kappa shape index (κ1) is 14.8. The molecule has 3 heterocycles. The van der Waals surface area contributed by atoms with E-state index < -0.39 is 0 Å². The number of carbonyl (C=O) groups is 1. The Labute approximate surface area is 131 Å². The SMILES string of the molecule is CCC(C(=O)NCc1nc(-c2ncccn2)no1)n1cccn1. The maximum absolute atomic E-state index is 12.2. The van der Waals surface area contributed by atoms with E-state index in [-0.39, 0.29) is 30.2 Å². The molecule has 3 aromatic rings. The van der Waals surface area contributed by atoms with Crippen molar-refractivity contribution in [1.29, 1.82) is 0 Å². The van der Waals surface area contributed by atoms with E-state index in [1.165, 1.54) is 0 Å². The van der Waals surface area contributed by atoms with Gasteiger partial charge in [-0.3, -0.25) is 9.48 Å². The summed E-state index contributed by atoms with van der Waals surface area (Å²) in [5.74, 6) is 0.786. The van der Waals surface area contributed by atoms with Gasteiger partial charge in [0.25, 0.3) is 0 Å². The number of amides is 1. The zero-order valence-corrected chi connectivity index (χ0v) is 12.5. The van der Waals surface area contributed by atoms with E-state index >= 15 is 0 Å². The summed E-state index contributed by atoms with van der Waals surface area (Å²) in [5.41, 5.74) is 0. The average Bonchev–Trinajstić information content (AvgIpc) is 3.26. The molecule has 0 saturated carbocycles. The summed E-state index contributed by atoms with van der Waals surface area (Å²) in [4.78, 5) is 24.5. The van der Waals surface area contributed by atoms with Crippen LogP contribution in [0.3, 0.4) is 0 Å². The van der Waals surface area contributed by atoms with Gasteiger partial charge in [0.1, 0.15) is 6.04 Å². The van der Waals surface area contributed by atoms with Gasteiger partial charge in [-0.2, -0.15) is 10.1 Å². The molecule has 9 heteroatoms. The van der Waals surface area contributed by atoms with Crippen LogP contribution in [0.5, 0.6) is 0 Å². The van der Waals surface area contributed by atoms with Gasteiger partial charge in [0.05, 0.1) is 6.54 Å². The van der Waals surface area contributed by atoms with Crippen LogP contribution in [0.4, 0.5) is 0 Å². The molecule has 23 heavy (non-hydrogen) atoms. The van der Waals surface area contributed by atoms with Gasteiger partial charge in [0.15, 0.2) is 0 Å². The highest BCUT2D eigenvalue weighted by Gasteiger charge is 2.19. The van der Waals surface area contributed by atoms with Crippen LogP contribution in [-0.4, -0.2) is 35.8 Å². The quantitative estimate of drug-likeness (QED) is 0.722. The molecular weight excluding hydrogens is 298 g/mol. The number of aromatic nitrogens is 6. The Hall–Kier alpha value is -3.10. The highest BCUT2D eigenvalue weighted by molar-refractivity contribution is 5.79. The smallest absolute Gasteiger partial charge is 0.246 e. The van der Waals surface area contributed by atoms with Gasteiger partial charge >= 0.3 is 0 Å². The first-order valence-corrected chi connectivity index (χ1v) is 7.14. The van der Waals surface area contributed by atoms with Gasteiger partial charge in [0, 0.05) is 24.8 Å². The normalized spacial score (nSPS) is 12.0. The van der Waals surface area contributed by atoms with Crippen LogP contribution in [-0.2, 0) is 11.3 Å². The largest absolute Gasteiger partial charge is 0.345 e. The molecule has 0 bridgehead atoms. The van der Waals surface area contributed by atoms with Crippen molar-refractivity contribution in [1.82, 2.24) is 35.2 Å². The minimum Gasteiger partial charge on any atom is -0.345 e. The van der Waals surface area contributed by atoms with E-state index in [1.807, 2.05) is 6.92 Å². The molecule has 3 aromatic heterocycles. The monoisotopic (exact) mass is 313 g/mol. The summed E-state index contributed by atoms with van der Waals surface area (Å²) in [6.07, 6.45) is 7.21. The first-order chi connectivity index (χ1) is 11.3. The topological polar surface area (TPSA) is 112 Å². The van der Waals surface area contributed by atoms with Crippen molar-refractivity contribution in [3.8, 4) is 11.6 Å². The number of hydrogen-bond acceptors (Lipinski definition) is 7. The second-order valence-corrected chi connectivity index (χ2v) is 4.71. The summed E-state index contributed by atoms with van der Waals surface area (Å²) in [6, 6.07) is 3.11. The Balaban J connectivity index is 1.62. The van der Waals surface area contributed by atoms with Gasteiger partial charge in [-0.05, 0) is 18.6 Å². The van der Waals surface area contributed by atoms with E-state index in [0.717, 1.165) is 0 Å². The lowest BCUT2D eigenvalue weighted by atomic mass is 10.2. The van der Waals surface area contributed by atoms with E-state index in [0.29, 0.717) is 12.2 Å². The second-order valence-electron chi connectivity index (χ2n) is 4.71. The third-order valence-electron chi connectivity index (χ3n) is 3.18. The van der Waals surface area contributed by atoms with Crippen molar-refractivity contribution in [2.45, 2.75) is 25.9 Å². The number of hydrogen-bond donors (Lipinski definition) is 1. The minimum atomic E-state index is -0.371. The van der Waals surface area contributed by atoms with E-state index in [4.69, 9.17) is 4.52 Å². The molecule has 1 atom stereocenters. The van der Waals surface area contributed by atoms with E-state index in [1.54, 1.807) is 41.6 Å². The van der Waals surface area contributed by atoms with Crippen LogP contribution in [0.2, 0.25) is 0 Å². The van der Waals surface area contributed by atoms with Gasteiger partial charge in [-0.1, -0.05) is 12.1 Å². The number of rotatable bonds is 6. The summed E-state index contributed by atoms with van der Waals surface area (Å²) in [6.45, 7) is 2.06. The predicted molar refractivity (Wildman–Crippen MR) is 78.7 cm³/mol. The lowest BCUT2D eigenvalue weighted by Gasteiger charge is -2.14. The molecule has 1 unspecified atom stereocenters. The number of nitrogens with one attached hydrogen (secondary N) is 1. The number of carbonyl (C=O) groups excluding carboxylic acids is 1. The van der Waals surface area contributed by atoms with Crippen LogP contribution in [0.15, 0.2) is 41.4 Å². The molecule has 0 fully saturated rings. The van der Waals surface area contributed by atoms with Crippen LogP contribution >= 0.6 is 0 Å². The summed E-state index contributed by atoms with van der Waals surface area (Å²) in [7, 11) is 0. The van der Waals surface area contributed by atoms with Crippen molar-refractivity contribution in [3.63, 3.8) is 0 Å².